The summed E-state index contributed by atoms with van der Waals surface area (Å²) in [5, 5.41) is 4.93. The number of ether oxygens (including phenoxy) is 1. The van der Waals surface area contributed by atoms with Gasteiger partial charge in [-0.15, -0.1) is 0 Å². The molecule has 1 saturated heterocycles. The first-order valence-electron chi connectivity index (χ1n) is 7.95. The molecule has 2 nitrogen and oxygen atoms in total. The van der Waals surface area contributed by atoms with Crippen LogP contribution in [0.1, 0.15) is 50.7 Å². The molecule has 1 aromatic carbocycles. The summed E-state index contributed by atoms with van der Waals surface area (Å²) in [6.07, 6.45) is 6.18. The molecule has 1 aliphatic heterocycles. The van der Waals surface area contributed by atoms with Crippen molar-refractivity contribution in [2.75, 3.05) is 13.1 Å². The number of rotatable bonds is 2. The molecule has 0 amide bonds. The predicted molar refractivity (Wildman–Crippen MR) is 88.1 cm³/mol. The fourth-order valence-corrected chi connectivity index (χ4v) is 4.19. The van der Waals surface area contributed by atoms with Crippen LogP contribution in [0.2, 0.25) is 10.0 Å². The molecule has 2 aliphatic rings. The van der Waals surface area contributed by atoms with Gasteiger partial charge in [0, 0.05) is 28.7 Å². The fourth-order valence-electron chi connectivity index (χ4n) is 3.66. The van der Waals surface area contributed by atoms with Gasteiger partial charge in [-0.2, -0.15) is 0 Å². The van der Waals surface area contributed by atoms with Crippen LogP contribution in [0.4, 0.5) is 0 Å². The lowest BCUT2D eigenvalue weighted by atomic mass is 9.77. The summed E-state index contributed by atoms with van der Waals surface area (Å²) in [6, 6.07) is 5.69. The van der Waals surface area contributed by atoms with Gasteiger partial charge in [-0.25, -0.2) is 0 Å². The highest BCUT2D eigenvalue weighted by atomic mass is 35.5. The Hall–Kier alpha value is -0.280. The first-order valence-corrected chi connectivity index (χ1v) is 8.71. The Morgan fingerprint density at radius 2 is 2.05 bits per heavy atom. The van der Waals surface area contributed by atoms with Gasteiger partial charge in [0.2, 0.25) is 0 Å². The summed E-state index contributed by atoms with van der Waals surface area (Å²) in [4.78, 5) is 0. The van der Waals surface area contributed by atoms with Crippen molar-refractivity contribution in [3.05, 3.63) is 33.8 Å². The molecule has 1 aliphatic carbocycles. The molecule has 116 valence electrons. The molecule has 2 fully saturated rings. The van der Waals surface area contributed by atoms with E-state index >= 15 is 0 Å². The number of morpholine rings is 1. The Morgan fingerprint density at radius 3 is 2.71 bits per heavy atom. The number of hydrogen-bond acceptors (Lipinski definition) is 2. The van der Waals surface area contributed by atoms with Gasteiger partial charge in [0.05, 0.1) is 11.7 Å². The van der Waals surface area contributed by atoms with Gasteiger partial charge in [0.25, 0.3) is 0 Å². The summed E-state index contributed by atoms with van der Waals surface area (Å²) >= 11 is 12.3. The third kappa shape index (κ3) is 3.39. The van der Waals surface area contributed by atoms with E-state index in [4.69, 9.17) is 27.9 Å². The lowest BCUT2D eigenvalue weighted by molar-refractivity contribution is -0.141. The maximum Gasteiger partial charge on any atom is 0.0971 e. The molecule has 1 saturated carbocycles. The van der Waals surface area contributed by atoms with Crippen LogP contribution in [0, 0.1) is 5.92 Å². The number of benzene rings is 1. The topological polar surface area (TPSA) is 21.3 Å². The summed E-state index contributed by atoms with van der Waals surface area (Å²) in [5.74, 6) is 0.874. The van der Waals surface area contributed by atoms with E-state index in [-0.39, 0.29) is 11.7 Å². The number of halogens is 2. The Bertz CT molecular complexity index is 498. The molecule has 3 rings (SSSR count). The maximum absolute atomic E-state index is 6.52. The van der Waals surface area contributed by atoms with E-state index in [1.807, 2.05) is 12.1 Å². The van der Waals surface area contributed by atoms with Gasteiger partial charge in [-0.3, -0.25) is 0 Å². The molecule has 0 bridgehead atoms. The van der Waals surface area contributed by atoms with Gasteiger partial charge in [0.1, 0.15) is 0 Å². The van der Waals surface area contributed by atoms with E-state index < -0.39 is 0 Å². The smallest absolute Gasteiger partial charge is 0.0971 e. The summed E-state index contributed by atoms with van der Waals surface area (Å²) in [6.45, 7) is 4.07. The van der Waals surface area contributed by atoms with E-state index in [9.17, 15) is 0 Å². The van der Waals surface area contributed by atoms with E-state index in [0.29, 0.717) is 10.0 Å². The quantitative estimate of drug-likeness (QED) is 0.825. The van der Waals surface area contributed by atoms with Crippen LogP contribution >= 0.6 is 23.2 Å². The molecule has 21 heavy (non-hydrogen) atoms. The molecule has 1 heterocycles. The van der Waals surface area contributed by atoms with Crippen LogP contribution in [-0.2, 0) is 4.74 Å². The van der Waals surface area contributed by atoms with Crippen molar-refractivity contribution in [2.45, 2.75) is 50.7 Å². The van der Waals surface area contributed by atoms with E-state index in [2.05, 4.69) is 12.2 Å². The van der Waals surface area contributed by atoms with E-state index in [1.54, 1.807) is 6.07 Å². The maximum atomic E-state index is 6.52. The third-order valence-corrected chi connectivity index (χ3v) is 5.63. The van der Waals surface area contributed by atoms with Crippen LogP contribution in [0.15, 0.2) is 18.2 Å². The molecule has 0 aromatic heterocycles. The SMILES string of the molecule is CCC1CCC2(CC1)CNCC(c1ccc(Cl)cc1Cl)O2. The molecular weight excluding hydrogens is 305 g/mol. The second-order valence-corrected chi connectivity index (χ2v) is 7.28. The predicted octanol–water partition coefficient (Wildman–Crippen LogP) is 4.99. The Labute approximate surface area is 137 Å². The van der Waals surface area contributed by atoms with E-state index in [1.165, 1.54) is 19.3 Å². The zero-order chi connectivity index (χ0) is 14.9. The molecule has 1 spiro atoms. The van der Waals surface area contributed by atoms with Crippen LogP contribution in [-0.4, -0.2) is 18.7 Å². The van der Waals surface area contributed by atoms with Gasteiger partial charge >= 0.3 is 0 Å². The second-order valence-electron chi connectivity index (χ2n) is 6.44. The van der Waals surface area contributed by atoms with Gasteiger partial charge in [-0.05, 0) is 43.7 Å². The van der Waals surface area contributed by atoms with Crippen molar-refractivity contribution in [1.82, 2.24) is 5.32 Å². The van der Waals surface area contributed by atoms with E-state index in [0.717, 1.165) is 37.4 Å². The van der Waals surface area contributed by atoms with Crippen molar-refractivity contribution in [3.63, 3.8) is 0 Å². The highest BCUT2D eigenvalue weighted by molar-refractivity contribution is 6.35. The minimum absolute atomic E-state index is 0.00243. The van der Waals surface area contributed by atoms with Crippen LogP contribution in [0.3, 0.4) is 0 Å². The largest absolute Gasteiger partial charge is 0.364 e. The summed E-state index contributed by atoms with van der Waals surface area (Å²) in [5.41, 5.74) is 1.04. The lowest BCUT2D eigenvalue weighted by Gasteiger charge is -2.46. The van der Waals surface area contributed by atoms with Crippen molar-refractivity contribution in [1.29, 1.82) is 0 Å². The monoisotopic (exact) mass is 327 g/mol. The lowest BCUT2D eigenvalue weighted by Crippen LogP contribution is -2.52. The average Bonchev–Trinajstić information content (AvgIpc) is 2.48. The number of nitrogens with one attached hydrogen (secondary N) is 1. The molecule has 4 heteroatoms. The normalized spacial score (nSPS) is 33.3. The molecule has 1 N–H and O–H groups in total. The van der Waals surface area contributed by atoms with Crippen LogP contribution in [0.5, 0.6) is 0 Å². The first kappa shape index (κ1) is 15.6. The Morgan fingerprint density at radius 1 is 1.29 bits per heavy atom. The molecule has 0 radical (unpaired) electrons. The highest BCUT2D eigenvalue weighted by Crippen LogP contribution is 2.42. The zero-order valence-corrected chi connectivity index (χ0v) is 14.0. The fraction of sp³-hybridized carbons (Fsp3) is 0.647. The van der Waals surface area contributed by atoms with Gasteiger partial charge in [0.15, 0.2) is 0 Å². The highest BCUT2D eigenvalue weighted by Gasteiger charge is 2.40. The zero-order valence-electron chi connectivity index (χ0n) is 12.5. The standard InChI is InChI=1S/C17H23Cl2NO/c1-2-12-5-7-17(8-6-12)11-20-10-16(21-17)14-4-3-13(18)9-15(14)19/h3-4,9,12,16,20H,2,5-8,10-11H2,1H3. The van der Waals surface area contributed by atoms with Crippen molar-refractivity contribution in [2.24, 2.45) is 5.92 Å². The Kier molecular flexibility index (Phi) is 4.80. The third-order valence-electron chi connectivity index (χ3n) is 5.07. The summed E-state index contributed by atoms with van der Waals surface area (Å²) < 4.78 is 6.52. The number of hydrogen-bond donors (Lipinski definition) is 1. The minimum Gasteiger partial charge on any atom is -0.364 e. The first-order chi connectivity index (χ1) is 10.1. The molecule has 1 unspecified atom stereocenters. The van der Waals surface area contributed by atoms with Crippen LogP contribution < -0.4 is 5.32 Å². The van der Waals surface area contributed by atoms with Gasteiger partial charge in [-0.1, -0.05) is 42.6 Å². The molecule has 1 aromatic rings. The molecule has 1 atom stereocenters. The molecular formula is C17H23Cl2NO. The van der Waals surface area contributed by atoms with Gasteiger partial charge < -0.3 is 10.1 Å². The minimum atomic E-state index is -0.00243. The average molecular weight is 328 g/mol. The Balaban J connectivity index is 1.74. The van der Waals surface area contributed by atoms with Crippen molar-refractivity contribution in [3.8, 4) is 0 Å². The van der Waals surface area contributed by atoms with Crippen molar-refractivity contribution < 1.29 is 4.74 Å². The summed E-state index contributed by atoms with van der Waals surface area (Å²) in [7, 11) is 0. The van der Waals surface area contributed by atoms with Crippen molar-refractivity contribution >= 4 is 23.2 Å². The second kappa shape index (κ2) is 6.45. The van der Waals surface area contributed by atoms with Crippen LogP contribution in [0.25, 0.3) is 0 Å².